The molecule has 12 heteroatoms. The molecule has 6 heterocycles. The van der Waals surface area contributed by atoms with Crippen LogP contribution in [0.25, 0.3) is 45.3 Å². The minimum absolute atomic E-state index is 0. The van der Waals surface area contributed by atoms with Crippen LogP contribution in [0.15, 0.2) is 84.7 Å². The van der Waals surface area contributed by atoms with Crippen molar-refractivity contribution in [2.75, 3.05) is 23.7 Å². The zero-order chi connectivity index (χ0) is 41.0. The number of imidazole rings is 2. The van der Waals surface area contributed by atoms with Gasteiger partial charge in [0, 0.05) is 55.5 Å². The minimum atomic E-state index is -0.243. The lowest BCUT2D eigenvalue weighted by Gasteiger charge is -2.20. The zero-order valence-electron chi connectivity index (χ0n) is 34.7. The average molecular weight is 825 g/mol. The molecule has 2 fully saturated rings. The quantitative estimate of drug-likeness (QED) is 0.124. The lowest BCUT2D eigenvalue weighted by atomic mass is 9.96. The van der Waals surface area contributed by atoms with E-state index in [2.05, 4.69) is 35.8 Å². The maximum Gasteiger partial charge on any atom is 0.223 e. The topological polar surface area (TPSA) is 111 Å². The Morgan fingerprint density at radius 2 is 1.11 bits per heavy atom. The van der Waals surface area contributed by atoms with E-state index in [1.54, 1.807) is 30.1 Å². The van der Waals surface area contributed by atoms with Crippen molar-refractivity contribution in [3.8, 4) is 45.3 Å². The second kappa shape index (κ2) is 18.9. The van der Waals surface area contributed by atoms with Crippen molar-refractivity contribution in [3.63, 3.8) is 0 Å². The van der Waals surface area contributed by atoms with E-state index in [0.29, 0.717) is 24.0 Å². The highest BCUT2D eigenvalue weighted by Gasteiger charge is 2.33. The van der Waals surface area contributed by atoms with E-state index in [1.165, 1.54) is 82.1 Å². The first-order valence-electron chi connectivity index (χ1n) is 22.0. The van der Waals surface area contributed by atoms with E-state index >= 15 is 0 Å². The number of aromatic nitrogens is 8. The Labute approximate surface area is 358 Å². The van der Waals surface area contributed by atoms with Crippen molar-refractivity contribution >= 4 is 11.9 Å². The first-order chi connectivity index (χ1) is 29.4. The van der Waals surface area contributed by atoms with E-state index < -0.39 is 0 Å². The van der Waals surface area contributed by atoms with Crippen molar-refractivity contribution in [1.82, 2.24) is 39.0 Å². The number of hydrogen-bond donors (Lipinski definition) is 2. The largest absolute Gasteiger partial charge is 0.354 e. The molecule has 2 saturated carbocycles. The Morgan fingerprint density at radius 1 is 0.607 bits per heavy atom. The van der Waals surface area contributed by atoms with Gasteiger partial charge in [-0.15, -0.1) is 0 Å². The molecule has 0 saturated heterocycles. The third kappa shape index (κ3) is 8.99. The lowest BCUT2D eigenvalue weighted by Crippen LogP contribution is -2.11. The van der Waals surface area contributed by atoms with Crippen molar-refractivity contribution in [2.45, 2.75) is 117 Å². The molecule has 2 atom stereocenters. The molecule has 2 aromatic carbocycles. The highest BCUT2D eigenvalue weighted by molar-refractivity contribution is 5.79. The first-order valence-corrected chi connectivity index (χ1v) is 22.0. The molecular weight excluding hydrogens is 767 g/mol. The van der Waals surface area contributed by atoms with E-state index in [1.807, 2.05) is 38.1 Å². The maximum atomic E-state index is 13.6. The summed E-state index contributed by atoms with van der Waals surface area (Å²) in [6.45, 7) is 5.59. The van der Waals surface area contributed by atoms with Gasteiger partial charge in [-0.1, -0.05) is 44.8 Å². The first kappa shape index (κ1) is 41.9. The fourth-order valence-electron chi connectivity index (χ4n) is 9.75. The number of fused-ring (bicyclic) bond motifs is 2. The Hall–Kier alpha value is -5.78. The van der Waals surface area contributed by atoms with Crippen LogP contribution in [-0.2, 0) is 12.8 Å². The van der Waals surface area contributed by atoms with Crippen LogP contribution < -0.4 is 10.6 Å². The number of rotatable bonds is 11. The molecule has 318 valence electrons. The van der Waals surface area contributed by atoms with Crippen LogP contribution in [0.4, 0.5) is 20.7 Å². The zero-order valence-corrected chi connectivity index (χ0v) is 34.7. The number of aryl methyl sites for hydroxylation is 2. The standard InChI is InChI=1S/C24H28FN5.C24H26FN5.CH4/c2*1-2-26-24-27-14-13-20(28-24)23-22(17-7-9-18(25)10-8-17)29-21-12-11-19(30(21)23)15-16-5-3-4-6-16;/h7-10,13-14,16,19H,2-6,11-12,15H2,1H3,(H,26,27,28);7-10,13-15,19H,2-6,11-12H2,1H3,(H,26,27,28);1H4/t2*19-;/m00./s1. The molecule has 0 bridgehead atoms. The summed E-state index contributed by atoms with van der Waals surface area (Å²) in [5.74, 6) is 3.77. The lowest BCUT2D eigenvalue weighted by molar-refractivity contribution is 0.382. The number of nitrogens with one attached hydrogen (secondary N) is 2. The Balaban J connectivity index is 0.000000166. The van der Waals surface area contributed by atoms with Gasteiger partial charge in [0.25, 0.3) is 0 Å². The van der Waals surface area contributed by atoms with Gasteiger partial charge in [0.15, 0.2) is 0 Å². The molecule has 6 aromatic rings. The summed E-state index contributed by atoms with van der Waals surface area (Å²) >= 11 is 0. The van der Waals surface area contributed by atoms with Crippen molar-refractivity contribution in [1.29, 1.82) is 0 Å². The van der Waals surface area contributed by atoms with Crippen LogP contribution in [0.5, 0.6) is 0 Å². The van der Waals surface area contributed by atoms with Crippen LogP contribution >= 0.6 is 0 Å². The van der Waals surface area contributed by atoms with E-state index in [9.17, 15) is 8.78 Å². The third-order valence-electron chi connectivity index (χ3n) is 12.5. The van der Waals surface area contributed by atoms with Gasteiger partial charge in [0.2, 0.25) is 11.9 Å². The van der Waals surface area contributed by atoms with Crippen LogP contribution in [-0.4, -0.2) is 52.1 Å². The summed E-state index contributed by atoms with van der Waals surface area (Å²) in [6, 6.07) is 17.9. The van der Waals surface area contributed by atoms with E-state index in [4.69, 9.17) is 19.9 Å². The molecule has 2 aliphatic carbocycles. The fraction of sp³-hybridized carbons (Fsp3) is 0.429. The van der Waals surface area contributed by atoms with Crippen LogP contribution in [0, 0.1) is 17.6 Å². The highest BCUT2D eigenvalue weighted by Crippen LogP contribution is 2.44. The molecule has 0 radical (unpaired) electrons. The van der Waals surface area contributed by atoms with Crippen molar-refractivity contribution in [3.05, 3.63) is 108 Å². The van der Waals surface area contributed by atoms with Gasteiger partial charge in [0.05, 0.1) is 40.2 Å². The predicted molar refractivity (Wildman–Crippen MR) is 240 cm³/mol. The highest BCUT2D eigenvalue weighted by atomic mass is 19.1. The summed E-state index contributed by atoms with van der Waals surface area (Å²) in [6.07, 6.45) is 21.8. The number of benzene rings is 2. The molecule has 0 amide bonds. The smallest absolute Gasteiger partial charge is 0.223 e. The molecule has 10 nitrogen and oxygen atoms in total. The Kier molecular flexibility index (Phi) is 13.0. The van der Waals surface area contributed by atoms with Gasteiger partial charge in [0.1, 0.15) is 23.3 Å². The number of allylic oxidation sites excluding steroid dienone is 2. The van der Waals surface area contributed by atoms with Crippen LogP contribution in [0.2, 0.25) is 0 Å². The molecule has 10 rings (SSSR count). The number of hydrogen-bond acceptors (Lipinski definition) is 8. The minimum Gasteiger partial charge on any atom is -0.354 e. The molecule has 4 aliphatic rings. The summed E-state index contributed by atoms with van der Waals surface area (Å²) < 4.78 is 31.9. The van der Waals surface area contributed by atoms with Gasteiger partial charge >= 0.3 is 0 Å². The Bertz CT molecular complexity index is 2440. The number of halogens is 2. The average Bonchev–Trinajstić information content (AvgIpc) is 4.13. The monoisotopic (exact) mass is 824 g/mol. The molecule has 4 aromatic heterocycles. The molecule has 2 N–H and O–H groups in total. The van der Waals surface area contributed by atoms with Gasteiger partial charge in [-0.2, -0.15) is 0 Å². The van der Waals surface area contributed by atoms with Crippen molar-refractivity contribution < 1.29 is 8.78 Å². The molecule has 2 aliphatic heterocycles. The van der Waals surface area contributed by atoms with Gasteiger partial charge in [-0.05, 0) is 125 Å². The second-order valence-corrected chi connectivity index (χ2v) is 16.5. The summed E-state index contributed by atoms with van der Waals surface area (Å²) in [4.78, 5) is 28.3. The molecular formula is C49H58F2N10. The van der Waals surface area contributed by atoms with E-state index in [-0.39, 0.29) is 19.1 Å². The fourth-order valence-corrected chi connectivity index (χ4v) is 9.75. The number of nitrogens with zero attached hydrogens (tertiary/aromatic N) is 8. The van der Waals surface area contributed by atoms with Gasteiger partial charge in [-0.25, -0.2) is 38.7 Å². The van der Waals surface area contributed by atoms with Crippen molar-refractivity contribution in [2.24, 2.45) is 5.92 Å². The molecule has 0 spiro atoms. The normalized spacial score (nSPS) is 18.0. The molecule has 0 unspecified atom stereocenters. The Morgan fingerprint density at radius 3 is 1.66 bits per heavy atom. The van der Waals surface area contributed by atoms with Crippen LogP contribution in [0.1, 0.15) is 116 Å². The number of anilines is 2. The summed E-state index contributed by atoms with van der Waals surface area (Å²) in [5, 5.41) is 6.41. The summed E-state index contributed by atoms with van der Waals surface area (Å²) in [7, 11) is 0. The SMILES string of the molecule is C.CCNc1nccc(-c2c(-c3ccc(F)cc3)nc3n2[C@H](C=C2CCCC2)CC3)n1.CCNc1nccc(-c2c(-c3ccc(F)cc3)nc3n2[C@H](CC2CCCC2)CC3)n1. The van der Waals surface area contributed by atoms with Gasteiger partial charge in [-0.3, -0.25) is 0 Å². The van der Waals surface area contributed by atoms with E-state index in [0.717, 1.165) is 102 Å². The summed E-state index contributed by atoms with van der Waals surface area (Å²) in [5.41, 5.74) is 8.90. The third-order valence-corrected chi connectivity index (χ3v) is 12.5. The van der Waals surface area contributed by atoms with Gasteiger partial charge < -0.3 is 19.8 Å². The maximum absolute atomic E-state index is 13.6. The predicted octanol–water partition coefficient (Wildman–Crippen LogP) is 11.8. The second-order valence-electron chi connectivity index (χ2n) is 16.5. The van der Waals surface area contributed by atoms with Crippen LogP contribution in [0.3, 0.4) is 0 Å². The molecule has 61 heavy (non-hydrogen) atoms.